The summed E-state index contributed by atoms with van der Waals surface area (Å²) in [6.07, 6.45) is 2.32. The number of aromatic amines is 1. The zero-order chi connectivity index (χ0) is 11.6. The quantitative estimate of drug-likeness (QED) is 0.729. The highest BCUT2D eigenvalue weighted by molar-refractivity contribution is 7.89. The van der Waals surface area contributed by atoms with E-state index in [0.29, 0.717) is 0 Å². The van der Waals surface area contributed by atoms with Gasteiger partial charge in [0, 0.05) is 13.2 Å². The Morgan fingerprint density at radius 2 is 2.27 bits per heavy atom. The van der Waals surface area contributed by atoms with Crippen molar-refractivity contribution in [3.8, 4) is 0 Å². The lowest BCUT2D eigenvalue weighted by atomic mass is 10.4. The molecule has 0 bridgehead atoms. The molecule has 1 atom stereocenters. The first-order valence-corrected chi connectivity index (χ1v) is 5.51. The Morgan fingerprint density at radius 3 is 2.67 bits per heavy atom. The summed E-state index contributed by atoms with van der Waals surface area (Å²) in [5.41, 5.74) is 0. The van der Waals surface area contributed by atoms with Crippen LogP contribution in [0.3, 0.4) is 0 Å². The fourth-order valence-electron chi connectivity index (χ4n) is 0.910. The largest absolute Gasteiger partial charge is 0.480 e. The Morgan fingerprint density at radius 1 is 1.67 bits per heavy atom. The molecule has 0 amide bonds. The summed E-state index contributed by atoms with van der Waals surface area (Å²) in [7, 11) is -2.57. The normalized spacial score (nSPS) is 14.1. The van der Waals surface area contributed by atoms with Gasteiger partial charge in [-0.25, -0.2) is 8.42 Å². The van der Waals surface area contributed by atoms with Crippen LogP contribution in [0.5, 0.6) is 0 Å². The van der Waals surface area contributed by atoms with E-state index in [1.54, 1.807) is 0 Å². The van der Waals surface area contributed by atoms with E-state index in [4.69, 9.17) is 5.11 Å². The maximum atomic E-state index is 11.7. The van der Waals surface area contributed by atoms with E-state index in [2.05, 4.69) is 10.2 Å². The van der Waals surface area contributed by atoms with Crippen molar-refractivity contribution in [2.24, 2.45) is 0 Å². The highest BCUT2D eigenvalue weighted by Crippen LogP contribution is 2.14. The van der Waals surface area contributed by atoms with Crippen molar-refractivity contribution in [2.45, 2.75) is 17.9 Å². The molecule has 1 unspecified atom stereocenters. The average Bonchev–Trinajstić information content (AvgIpc) is 2.68. The van der Waals surface area contributed by atoms with Gasteiger partial charge in [0.25, 0.3) is 0 Å². The van der Waals surface area contributed by atoms with Gasteiger partial charge in [-0.15, -0.1) is 0 Å². The van der Waals surface area contributed by atoms with Gasteiger partial charge in [-0.1, -0.05) is 0 Å². The molecule has 0 saturated carbocycles. The second-order valence-electron chi connectivity index (χ2n) is 2.97. The number of H-pyrrole nitrogens is 1. The summed E-state index contributed by atoms with van der Waals surface area (Å²) in [5.74, 6) is -1.20. The molecule has 0 aliphatic rings. The lowest BCUT2D eigenvalue weighted by molar-refractivity contribution is -0.140. The molecule has 15 heavy (non-hydrogen) atoms. The zero-order valence-corrected chi connectivity index (χ0v) is 9.02. The third kappa shape index (κ3) is 2.16. The Balaban J connectivity index is 3.03. The summed E-state index contributed by atoms with van der Waals surface area (Å²) in [5, 5.41) is 14.5. The molecule has 0 aliphatic heterocycles. The van der Waals surface area contributed by atoms with E-state index in [1.807, 2.05) is 0 Å². The Bertz CT molecular complexity index is 439. The number of rotatable bonds is 4. The molecule has 0 saturated heterocycles. The summed E-state index contributed by atoms with van der Waals surface area (Å²) in [6.45, 7) is 1.29. The van der Waals surface area contributed by atoms with Gasteiger partial charge in [-0.2, -0.15) is 9.40 Å². The van der Waals surface area contributed by atoms with Crippen molar-refractivity contribution in [3.63, 3.8) is 0 Å². The van der Waals surface area contributed by atoms with Crippen LogP contribution in [0.1, 0.15) is 6.92 Å². The van der Waals surface area contributed by atoms with Gasteiger partial charge < -0.3 is 5.11 Å². The Kier molecular flexibility index (Phi) is 3.10. The summed E-state index contributed by atoms with van der Waals surface area (Å²) in [6, 6.07) is -1.12. The molecule has 0 spiro atoms. The molecule has 1 rings (SSSR count). The van der Waals surface area contributed by atoms with Gasteiger partial charge in [-0.3, -0.25) is 9.89 Å². The SMILES string of the molecule is CC(C(=O)O)N(C)S(=O)(=O)c1cn[nH]c1. The Labute approximate surface area is 86.8 Å². The van der Waals surface area contributed by atoms with E-state index in [-0.39, 0.29) is 4.90 Å². The van der Waals surface area contributed by atoms with Crippen LogP contribution in [-0.2, 0) is 14.8 Å². The fourth-order valence-corrected chi connectivity index (χ4v) is 2.14. The van der Waals surface area contributed by atoms with Crippen molar-refractivity contribution in [2.75, 3.05) is 7.05 Å². The van der Waals surface area contributed by atoms with Crippen LogP contribution in [0.25, 0.3) is 0 Å². The van der Waals surface area contributed by atoms with Crippen LogP contribution in [0.2, 0.25) is 0 Å². The molecule has 7 nitrogen and oxygen atoms in total. The molecule has 0 aromatic carbocycles. The van der Waals surface area contributed by atoms with Gasteiger partial charge in [0.2, 0.25) is 10.0 Å². The first-order chi connectivity index (χ1) is 6.87. The lowest BCUT2D eigenvalue weighted by Crippen LogP contribution is -2.40. The second-order valence-corrected chi connectivity index (χ2v) is 4.97. The molecular weight excluding hydrogens is 222 g/mol. The minimum atomic E-state index is -3.78. The topological polar surface area (TPSA) is 103 Å². The molecule has 1 aromatic rings. The lowest BCUT2D eigenvalue weighted by Gasteiger charge is -2.19. The monoisotopic (exact) mass is 233 g/mol. The minimum Gasteiger partial charge on any atom is -0.480 e. The summed E-state index contributed by atoms with van der Waals surface area (Å²) >= 11 is 0. The summed E-state index contributed by atoms with van der Waals surface area (Å²) < 4.78 is 24.3. The number of hydrogen-bond acceptors (Lipinski definition) is 4. The molecular formula is C7H11N3O4S. The summed E-state index contributed by atoms with van der Waals surface area (Å²) in [4.78, 5) is 10.6. The molecule has 8 heteroatoms. The molecule has 1 heterocycles. The van der Waals surface area contributed by atoms with Crippen molar-refractivity contribution < 1.29 is 18.3 Å². The minimum absolute atomic E-state index is 0.0573. The van der Waals surface area contributed by atoms with Crippen LogP contribution in [0.15, 0.2) is 17.3 Å². The third-order valence-electron chi connectivity index (χ3n) is 2.05. The number of aromatic nitrogens is 2. The van der Waals surface area contributed by atoms with Gasteiger partial charge in [-0.05, 0) is 6.92 Å². The molecule has 1 aromatic heterocycles. The number of nitrogens with zero attached hydrogens (tertiary/aromatic N) is 2. The van der Waals surface area contributed by atoms with E-state index < -0.39 is 22.0 Å². The van der Waals surface area contributed by atoms with Crippen molar-refractivity contribution >= 4 is 16.0 Å². The number of carboxylic acids is 1. The predicted molar refractivity (Wildman–Crippen MR) is 50.6 cm³/mol. The maximum absolute atomic E-state index is 11.7. The highest BCUT2D eigenvalue weighted by atomic mass is 32.2. The van der Waals surface area contributed by atoms with Gasteiger partial charge >= 0.3 is 5.97 Å². The smallest absolute Gasteiger partial charge is 0.321 e. The average molecular weight is 233 g/mol. The number of nitrogens with one attached hydrogen (secondary N) is 1. The first kappa shape index (κ1) is 11.7. The number of hydrogen-bond donors (Lipinski definition) is 2. The second kappa shape index (κ2) is 3.99. The van der Waals surface area contributed by atoms with Crippen LogP contribution in [-0.4, -0.2) is 47.1 Å². The molecule has 0 aliphatic carbocycles. The number of carboxylic acid groups (broad SMARTS) is 1. The van der Waals surface area contributed by atoms with E-state index in [0.717, 1.165) is 10.5 Å². The van der Waals surface area contributed by atoms with Crippen LogP contribution in [0, 0.1) is 0 Å². The van der Waals surface area contributed by atoms with E-state index in [1.165, 1.54) is 20.2 Å². The number of aliphatic carboxylic acids is 1. The predicted octanol–water partition coefficient (Wildman–Crippen LogP) is -0.497. The zero-order valence-electron chi connectivity index (χ0n) is 8.21. The molecule has 2 N–H and O–H groups in total. The molecule has 0 fully saturated rings. The number of carbonyl (C=O) groups is 1. The molecule has 84 valence electrons. The van der Waals surface area contributed by atoms with Crippen LogP contribution >= 0.6 is 0 Å². The van der Waals surface area contributed by atoms with Gasteiger partial charge in [0.15, 0.2) is 0 Å². The third-order valence-corrected chi connectivity index (χ3v) is 3.95. The van der Waals surface area contributed by atoms with Crippen molar-refractivity contribution in [1.29, 1.82) is 0 Å². The van der Waals surface area contributed by atoms with E-state index >= 15 is 0 Å². The van der Waals surface area contributed by atoms with Gasteiger partial charge in [0.1, 0.15) is 10.9 Å². The Hall–Kier alpha value is -1.41. The van der Waals surface area contributed by atoms with Crippen molar-refractivity contribution in [1.82, 2.24) is 14.5 Å². The fraction of sp³-hybridized carbons (Fsp3) is 0.429. The first-order valence-electron chi connectivity index (χ1n) is 4.07. The van der Waals surface area contributed by atoms with Crippen molar-refractivity contribution in [3.05, 3.63) is 12.4 Å². The number of likely N-dealkylation sites (N-methyl/N-ethyl adjacent to an activating group) is 1. The van der Waals surface area contributed by atoms with E-state index in [9.17, 15) is 13.2 Å². The molecule has 0 radical (unpaired) electrons. The standard InChI is InChI=1S/C7H11N3O4S/c1-5(7(11)12)10(2)15(13,14)6-3-8-9-4-6/h3-5H,1-2H3,(H,8,9)(H,11,12). The van der Waals surface area contributed by atoms with Gasteiger partial charge in [0.05, 0.1) is 6.20 Å². The number of sulfonamides is 1. The maximum Gasteiger partial charge on any atom is 0.321 e. The van der Waals surface area contributed by atoms with Crippen LogP contribution in [0.4, 0.5) is 0 Å². The highest BCUT2D eigenvalue weighted by Gasteiger charge is 2.29. The van der Waals surface area contributed by atoms with Crippen LogP contribution < -0.4 is 0 Å².